The molecule has 4 aliphatic heterocycles. The van der Waals surface area contributed by atoms with Crippen LogP contribution in [0.25, 0.3) is 0 Å². The summed E-state index contributed by atoms with van der Waals surface area (Å²) in [4.78, 5) is 0. The van der Waals surface area contributed by atoms with Crippen molar-refractivity contribution in [2.24, 2.45) is 17.3 Å². The van der Waals surface area contributed by atoms with Gasteiger partial charge in [0.1, 0.15) is 5.60 Å². The van der Waals surface area contributed by atoms with Crippen LogP contribution in [-0.4, -0.2) is 60.9 Å². The molecule has 0 radical (unpaired) electrons. The fourth-order valence-corrected chi connectivity index (χ4v) is 8.35. The van der Waals surface area contributed by atoms with Crippen molar-refractivity contribution in [1.29, 1.82) is 0 Å². The molecule has 6 fully saturated rings. The topological polar surface area (TPSA) is 64.6 Å². The first-order valence-corrected chi connectivity index (χ1v) is 12.8. The average Bonchev–Trinajstić information content (AvgIpc) is 3.43. The van der Waals surface area contributed by atoms with Gasteiger partial charge in [0.05, 0.1) is 43.7 Å². The number of hydrogen-bond donors (Lipinski definition) is 0. The van der Waals surface area contributed by atoms with E-state index in [4.69, 9.17) is 33.2 Å². The Morgan fingerprint density at radius 1 is 0.882 bits per heavy atom. The van der Waals surface area contributed by atoms with E-state index in [0.717, 1.165) is 18.4 Å². The minimum Gasteiger partial charge on any atom is -0.362 e. The number of rotatable bonds is 1. The molecule has 2 saturated carbocycles. The van der Waals surface area contributed by atoms with Gasteiger partial charge in [-0.1, -0.05) is 44.2 Å². The van der Waals surface area contributed by atoms with E-state index in [1.165, 1.54) is 0 Å². The standard InChI is InChI=1S/C27H36O7/c1-16-26(29-13-14-30-26)12-11-24(4)21-19(32-23(2,3)33-21)18-20-27(16,24)34-25(18,5)15-28-22(31-20)17-9-7-6-8-10-17/h6-10,16,18-22H,11-15H2,1-5H3/t16-,18-,19-,20-,21-,22?,24+,25+,27-/m0/s1. The van der Waals surface area contributed by atoms with Crippen LogP contribution in [-0.2, 0) is 33.2 Å². The number of fused-ring (bicyclic) bond motifs is 2. The highest BCUT2D eigenvalue weighted by atomic mass is 16.8. The zero-order valence-electron chi connectivity index (χ0n) is 20.7. The highest BCUT2D eigenvalue weighted by molar-refractivity contribution is 5.30. The Morgan fingerprint density at radius 3 is 2.35 bits per heavy atom. The highest BCUT2D eigenvalue weighted by Gasteiger charge is 2.84. The lowest BCUT2D eigenvalue weighted by Crippen LogP contribution is -2.75. The monoisotopic (exact) mass is 472 g/mol. The molecule has 7 rings (SSSR count). The van der Waals surface area contributed by atoms with Gasteiger partial charge < -0.3 is 33.2 Å². The van der Waals surface area contributed by atoms with Gasteiger partial charge in [0.25, 0.3) is 0 Å². The van der Waals surface area contributed by atoms with Crippen molar-refractivity contribution in [1.82, 2.24) is 0 Å². The third-order valence-corrected chi connectivity index (χ3v) is 9.79. The smallest absolute Gasteiger partial charge is 0.184 e. The summed E-state index contributed by atoms with van der Waals surface area (Å²) in [6, 6.07) is 10.2. The number of benzene rings is 1. The summed E-state index contributed by atoms with van der Waals surface area (Å²) < 4.78 is 46.7. The number of ether oxygens (including phenoxy) is 7. The molecule has 7 nitrogen and oxygen atoms in total. The molecular weight excluding hydrogens is 436 g/mol. The van der Waals surface area contributed by atoms with Crippen LogP contribution in [0, 0.1) is 17.3 Å². The largest absolute Gasteiger partial charge is 0.362 e. The van der Waals surface area contributed by atoms with Gasteiger partial charge in [0, 0.05) is 29.2 Å². The molecule has 0 N–H and O–H groups in total. The third kappa shape index (κ3) is 2.57. The lowest BCUT2D eigenvalue weighted by atomic mass is 9.48. The van der Waals surface area contributed by atoms with Crippen molar-refractivity contribution >= 4 is 0 Å². The summed E-state index contributed by atoms with van der Waals surface area (Å²) in [6.07, 6.45) is 0.670. The highest BCUT2D eigenvalue weighted by Crippen LogP contribution is 2.72. The van der Waals surface area contributed by atoms with Gasteiger partial charge in [0.2, 0.25) is 0 Å². The van der Waals surface area contributed by atoms with E-state index in [9.17, 15) is 0 Å². The van der Waals surface area contributed by atoms with Crippen LogP contribution >= 0.6 is 0 Å². The van der Waals surface area contributed by atoms with Crippen LogP contribution < -0.4 is 0 Å². The van der Waals surface area contributed by atoms with Crippen molar-refractivity contribution in [3.05, 3.63) is 35.9 Å². The molecule has 1 aromatic rings. The van der Waals surface area contributed by atoms with E-state index < -0.39 is 29.1 Å². The second kappa shape index (κ2) is 6.82. The van der Waals surface area contributed by atoms with E-state index in [0.29, 0.717) is 19.8 Å². The van der Waals surface area contributed by atoms with Crippen LogP contribution in [0.5, 0.6) is 0 Å². The van der Waals surface area contributed by atoms with Crippen LogP contribution in [0.4, 0.5) is 0 Å². The lowest BCUT2D eigenvalue weighted by molar-refractivity contribution is -0.363. The summed E-state index contributed by atoms with van der Waals surface area (Å²) in [5.74, 6) is -1.43. The van der Waals surface area contributed by atoms with E-state index in [1.807, 2.05) is 32.0 Å². The van der Waals surface area contributed by atoms with E-state index >= 15 is 0 Å². The maximum atomic E-state index is 7.29. The fraction of sp³-hybridized carbons (Fsp3) is 0.778. The maximum absolute atomic E-state index is 7.29. The average molecular weight is 473 g/mol. The van der Waals surface area contributed by atoms with Crippen LogP contribution in [0.2, 0.25) is 0 Å². The van der Waals surface area contributed by atoms with Gasteiger partial charge in [-0.15, -0.1) is 0 Å². The maximum Gasteiger partial charge on any atom is 0.184 e. The Bertz CT molecular complexity index is 976. The van der Waals surface area contributed by atoms with Gasteiger partial charge in [-0.3, -0.25) is 0 Å². The minimum absolute atomic E-state index is 0.0416. The first-order valence-electron chi connectivity index (χ1n) is 12.8. The molecule has 4 saturated heterocycles. The number of hydrogen-bond acceptors (Lipinski definition) is 7. The van der Waals surface area contributed by atoms with Crippen molar-refractivity contribution in [2.75, 3.05) is 19.8 Å². The predicted octanol–water partition coefficient (Wildman–Crippen LogP) is 3.96. The summed E-state index contributed by atoms with van der Waals surface area (Å²) in [7, 11) is 0. The van der Waals surface area contributed by atoms with Gasteiger partial charge in [-0.05, 0) is 27.2 Å². The second-order valence-electron chi connectivity index (χ2n) is 12.0. The predicted molar refractivity (Wildman–Crippen MR) is 121 cm³/mol. The minimum atomic E-state index is -0.670. The van der Waals surface area contributed by atoms with Crippen molar-refractivity contribution in [3.63, 3.8) is 0 Å². The third-order valence-electron chi connectivity index (χ3n) is 9.79. The fourth-order valence-electron chi connectivity index (χ4n) is 8.35. The molecule has 7 heteroatoms. The summed E-state index contributed by atoms with van der Waals surface area (Å²) in [5.41, 5.74) is -0.592. The molecule has 9 atom stereocenters. The quantitative estimate of drug-likeness (QED) is 0.613. The van der Waals surface area contributed by atoms with E-state index in [2.05, 4.69) is 32.9 Å². The zero-order chi connectivity index (χ0) is 23.6. The first-order chi connectivity index (χ1) is 16.1. The van der Waals surface area contributed by atoms with E-state index in [1.54, 1.807) is 0 Å². The van der Waals surface area contributed by atoms with Gasteiger partial charge in [0.15, 0.2) is 17.9 Å². The molecular formula is C27H36O7. The Morgan fingerprint density at radius 2 is 1.62 bits per heavy atom. The van der Waals surface area contributed by atoms with Gasteiger partial charge in [-0.25, -0.2) is 0 Å². The van der Waals surface area contributed by atoms with Crippen molar-refractivity contribution < 1.29 is 33.2 Å². The molecule has 0 aromatic heterocycles. The van der Waals surface area contributed by atoms with Crippen molar-refractivity contribution in [2.45, 2.75) is 94.8 Å². The molecule has 186 valence electrons. The first kappa shape index (κ1) is 22.2. The lowest BCUT2D eigenvalue weighted by Gasteiger charge is -2.63. The summed E-state index contributed by atoms with van der Waals surface area (Å²) in [6.45, 7) is 12.4. The molecule has 1 aromatic carbocycles. The molecule has 4 bridgehead atoms. The molecule has 2 spiro atoms. The van der Waals surface area contributed by atoms with Crippen LogP contribution in [0.1, 0.15) is 59.3 Å². The molecule has 0 amide bonds. The van der Waals surface area contributed by atoms with Crippen molar-refractivity contribution in [3.8, 4) is 0 Å². The summed E-state index contributed by atoms with van der Waals surface area (Å²) in [5, 5.41) is 0. The normalized spacial score (nSPS) is 52.3. The van der Waals surface area contributed by atoms with Crippen LogP contribution in [0.3, 0.4) is 0 Å². The Hall–Kier alpha value is -1.06. The molecule has 2 aliphatic carbocycles. The Balaban J connectivity index is 1.41. The molecule has 4 heterocycles. The zero-order valence-corrected chi connectivity index (χ0v) is 20.7. The molecule has 34 heavy (non-hydrogen) atoms. The van der Waals surface area contributed by atoms with Gasteiger partial charge in [-0.2, -0.15) is 0 Å². The van der Waals surface area contributed by atoms with Crippen LogP contribution in [0.15, 0.2) is 30.3 Å². The molecule has 1 unspecified atom stereocenters. The van der Waals surface area contributed by atoms with E-state index in [-0.39, 0.29) is 35.6 Å². The molecule has 6 aliphatic rings. The Kier molecular flexibility index (Phi) is 4.45. The Labute approximate surface area is 201 Å². The SMILES string of the molecule is C[C@H]1C2(CC[C@]3(C)[C@H]4OC(C)(C)O[C@H]4[C@H]4[C@@H]5OC(c6ccccc6)OC[C@@]4(C)O[C@]513)OCCO2. The van der Waals surface area contributed by atoms with Gasteiger partial charge >= 0.3 is 0 Å². The second-order valence-corrected chi connectivity index (χ2v) is 12.0. The summed E-state index contributed by atoms with van der Waals surface area (Å²) >= 11 is 0.